The number of nitrogens with zero attached hydrogens (tertiary/aromatic N) is 2. The first-order valence-electron chi connectivity index (χ1n) is 9.25. The Bertz CT molecular complexity index is 992. The van der Waals surface area contributed by atoms with Crippen LogP contribution in [0, 0.1) is 0 Å². The third-order valence-corrected chi connectivity index (χ3v) is 5.08. The van der Waals surface area contributed by atoms with Gasteiger partial charge in [-0.3, -0.25) is 14.5 Å². The summed E-state index contributed by atoms with van der Waals surface area (Å²) in [6.07, 6.45) is 1.81. The second-order valence-electron chi connectivity index (χ2n) is 6.96. The Morgan fingerprint density at radius 2 is 1.70 bits per heavy atom. The molecule has 27 heavy (non-hydrogen) atoms. The maximum Gasteiger partial charge on any atom is 0.272 e. The van der Waals surface area contributed by atoms with Crippen molar-refractivity contribution < 1.29 is 4.79 Å². The van der Waals surface area contributed by atoms with E-state index in [1.165, 1.54) is 5.56 Å². The Labute approximate surface area is 157 Å². The predicted molar refractivity (Wildman–Crippen MR) is 105 cm³/mol. The third-order valence-electron chi connectivity index (χ3n) is 5.08. The van der Waals surface area contributed by atoms with Crippen molar-refractivity contribution in [3.63, 3.8) is 0 Å². The van der Waals surface area contributed by atoms with Crippen LogP contribution in [0.2, 0.25) is 0 Å². The average Bonchev–Trinajstić information content (AvgIpc) is 2.71. The van der Waals surface area contributed by atoms with Crippen LogP contribution < -0.4 is 10.9 Å². The molecule has 1 aromatic heterocycles. The summed E-state index contributed by atoms with van der Waals surface area (Å²) in [6, 6.07) is 17.6. The minimum absolute atomic E-state index is 0.122. The van der Waals surface area contributed by atoms with Crippen molar-refractivity contribution in [2.75, 3.05) is 13.1 Å². The molecule has 2 N–H and O–H groups in total. The topological polar surface area (TPSA) is 78.1 Å². The van der Waals surface area contributed by atoms with E-state index in [0.29, 0.717) is 10.8 Å². The minimum Gasteiger partial charge on any atom is -0.348 e. The summed E-state index contributed by atoms with van der Waals surface area (Å²) in [4.78, 5) is 27.0. The van der Waals surface area contributed by atoms with Gasteiger partial charge in [0.15, 0.2) is 5.69 Å². The van der Waals surface area contributed by atoms with Gasteiger partial charge in [0.25, 0.3) is 11.5 Å². The SMILES string of the molecule is O=C(NC1CCN(Cc2ccccc2)CC1)c1n[nH]c(=O)c2ccccc12. The third kappa shape index (κ3) is 3.90. The van der Waals surface area contributed by atoms with Crippen LogP contribution in [0.15, 0.2) is 59.4 Å². The van der Waals surface area contributed by atoms with E-state index in [1.807, 2.05) is 12.1 Å². The highest BCUT2D eigenvalue weighted by Crippen LogP contribution is 2.16. The van der Waals surface area contributed by atoms with E-state index in [1.54, 1.807) is 18.2 Å². The zero-order valence-corrected chi connectivity index (χ0v) is 15.0. The van der Waals surface area contributed by atoms with Crippen molar-refractivity contribution in [2.45, 2.75) is 25.4 Å². The molecule has 0 saturated carbocycles. The summed E-state index contributed by atoms with van der Waals surface area (Å²) in [7, 11) is 0. The lowest BCUT2D eigenvalue weighted by Crippen LogP contribution is -2.44. The van der Waals surface area contributed by atoms with E-state index in [-0.39, 0.29) is 23.2 Å². The van der Waals surface area contributed by atoms with Gasteiger partial charge in [-0.25, -0.2) is 5.10 Å². The number of hydrogen-bond acceptors (Lipinski definition) is 4. The number of carbonyl (C=O) groups is 1. The van der Waals surface area contributed by atoms with Gasteiger partial charge in [0, 0.05) is 31.1 Å². The first-order valence-corrected chi connectivity index (χ1v) is 9.25. The standard InChI is InChI=1S/C21H22N4O2/c26-20-18-9-5-4-8-17(18)19(23-24-20)21(27)22-16-10-12-25(13-11-16)14-15-6-2-1-3-7-15/h1-9,16H,10-14H2,(H,22,27)(H,24,26). The molecule has 1 saturated heterocycles. The van der Waals surface area contributed by atoms with Crippen LogP contribution in [0.25, 0.3) is 10.8 Å². The number of benzene rings is 2. The van der Waals surface area contributed by atoms with Crippen molar-refractivity contribution in [3.8, 4) is 0 Å². The number of fused-ring (bicyclic) bond motifs is 1. The quantitative estimate of drug-likeness (QED) is 0.747. The number of H-pyrrole nitrogens is 1. The van der Waals surface area contributed by atoms with Crippen LogP contribution in [-0.2, 0) is 6.54 Å². The predicted octanol–water partition coefficient (Wildman–Crippen LogP) is 2.32. The highest BCUT2D eigenvalue weighted by Gasteiger charge is 2.23. The lowest BCUT2D eigenvalue weighted by atomic mass is 10.0. The maximum atomic E-state index is 12.7. The number of amides is 1. The zero-order chi connectivity index (χ0) is 18.6. The molecule has 0 unspecified atom stereocenters. The molecule has 0 radical (unpaired) electrons. The number of carbonyl (C=O) groups excluding carboxylic acids is 1. The number of aromatic amines is 1. The molecule has 3 aromatic rings. The summed E-state index contributed by atoms with van der Waals surface area (Å²) in [6.45, 7) is 2.83. The lowest BCUT2D eigenvalue weighted by Gasteiger charge is -2.32. The van der Waals surface area contributed by atoms with E-state index < -0.39 is 0 Å². The van der Waals surface area contributed by atoms with E-state index >= 15 is 0 Å². The summed E-state index contributed by atoms with van der Waals surface area (Å²) >= 11 is 0. The molecule has 2 aromatic carbocycles. The number of likely N-dealkylation sites (tertiary alicyclic amines) is 1. The Hall–Kier alpha value is -2.99. The highest BCUT2D eigenvalue weighted by atomic mass is 16.2. The van der Waals surface area contributed by atoms with Gasteiger partial charge in [0.1, 0.15) is 0 Å². The van der Waals surface area contributed by atoms with Crippen LogP contribution in [0.5, 0.6) is 0 Å². The largest absolute Gasteiger partial charge is 0.348 e. The monoisotopic (exact) mass is 362 g/mol. The Morgan fingerprint density at radius 1 is 1.04 bits per heavy atom. The van der Waals surface area contributed by atoms with Crippen LogP contribution in [0.4, 0.5) is 0 Å². The van der Waals surface area contributed by atoms with Crippen LogP contribution in [0.1, 0.15) is 28.9 Å². The van der Waals surface area contributed by atoms with Gasteiger partial charge in [0.2, 0.25) is 0 Å². The van der Waals surface area contributed by atoms with Crippen molar-refractivity contribution in [3.05, 3.63) is 76.2 Å². The first-order chi connectivity index (χ1) is 13.2. The summed E-state index contributed by atoms with van der Waals surface area (Å²) in [5.74, 6) is -0.232. The average molecular weight is 362 g/mol. The summed E-state index contributed by atoms with van der Waals surface area (Å²) in [5, 5.41) is 10.5. The molecule has 1 aliphatic rings. The number of hydrogen-bond donors (Lipinski definition) is 2. The molecule has 138 valence electrons. The fraction of sp³-hybridized carbons (Fsp3) is 0.286. The van der Waals surface area contributed by atoms with Crippen molar-refractivity contribution in [1.29, 1.82) is 0 Å². The molecular weight excluding hydrogens is 340 g/mol. The van der Waals surface area contributed by atoms with E-state index in [2.05, 4.69) is 44.7 Å². The van der Waals surface area contributed by atoms with Gasteiger partial charge in [0.05, 0.1) is 5.39 Å². The van der Waals surface area contributed by atoms with Gasteiger partial charge >= 0.3 is 0 Å². The molecule has 6 heteroatoms. The smallest absolute Gasteiger partial charge is 0.272 e. The molecule has 2 heterocycles. The number of rotatable bonds is 4. The normalized spacial score (nSPS) is 15.7. The second kappa shape index (κ2) is 7.72. The van der Waals surface area contributed by atoms with Gasteiger partial charge < -0.3 is 5.32 Å². The first kappa shape index (κ1) is 17.4. The van der Waals surface area contributed by atoms with Gasteiger partial charge in [-0.05, 0) is 24.5 Å². The van der Waals surface area contributed by atoms with Crippen LogP contribution in [-0.4, -0.2) is 40.1 Å². The molecular formula is C21H22N4O2. The number of aromatic nitrogens is 2. The summed E-state index contributed by atoms with van der Waals surface area (Å²) in [5.41, 5.74) is 1.30. The Balaban J connectivity index is 1.39. The molecule has 1 fully saturated rings. The van der Waals surface area contributed by atoms with Gasteiger partial charge in [-0.1, -0.05) is 48.5 Å². The summed E-state index contributed by atoms with van der Waals surface area (Å²) < 4.78 is 0. The molecule has 4 rings (SSSR count). The Morgan fingerprint density at radius 3 is 2.44 bits per heavy atom. The van der Waals surface area contributed by atoms with E-state index in [9.17, 15) is 9.59 Å². The van der Waals surface area contributed by atoms with Gasteiger partial charge in [-0.15, -0.1) is 0 Å². The van der Waals surface area contributed by atoms with Crippen molar-refractivity contribution in [1.82, 2.24) is 20.4 Å². The molecule has 0 atom stereocenters. The van der Waals surface area contributed by atoms with Gasteiger partial charge in [-0.2, -0.15) is 5.10 Å². The van der Waals surface area contributed by atoms with E-state index in [4.69, 9.17) is 0 Å². The van der Waals surface area contributed by atoms with Crippen molar-refractivity contribution in [2.24, 2.45) is 0 Å². The molecule has 1 amide bonds. The van der Waals surface area contributed by atoms with E-state index in [0.717, 1.165) is 32.5 Å². The molecule has 0 spiro atoms. The molecule has 1 aliphatic heterocycles. The maximum absolute atomic E-state index is 12.7. The Kier molecular flexibility index (Phi) is 4.98. The molecule has 0 aliphatic carbocycles. The fourth-order valence-corrected chi connectivity index (χ4v) is 3.62. The van der Waals surface area contributed by atoms with Crippen LogP contribution in [0.3, 0.4) is 0 Å². The van der Waals surface area contributed by atoms with Crippen molar-refractivity contribution >= 4 is 16.7 Å². The minimum atomic E-state index is -0.281. The number of piperidine rings is 1. The lowest BCUT2D eigenvalue weighted by molar-refractivity contribution is 0.0904. The zero-order valence-electron chi connectivity index (χ0n) is 15.0. The number of nitrogens with one attached hydrogen (secondary N) is 2. The molecule has 6 nitrogen and oxygen atoms in total. The fourth-order valence-electron chi connectivity index (χ4n) is 3.62. The van der Waals surface area contributed by atoms with Crippen LogP contribution >= 0.6 is 0 Å². The molecule has 0 bridgehead atoms. The second-order valence-corrected chi connectivity index (χ2v) is 6.96. The highest BCUT2D eigenvalue weighted by molar-refractivity contribution is 6.04.